The number of hydrogen-bond acceptors (Lipinski definition) is 4. The van der Waals surface area contributed by atoms with Crippen molar-refractivity contribution in [3.05, 3.63) is 64.0 Å². The quantitative estimate of drug-likeness (QED) is 0.593. The molecule has 1 aliphatic heterocycles. The van der Waals surface area contributed by atoms with Crippen LogP contribution in [0.1, 0.15) is 60.1 Å². The molecule has 8 heteroatoms. The topological polar surface area (TPSA) is 62.7 Å². The minimum Gasteiger partial charge on any atom is -0.487 e. The molecule has 2 heterocycles. The highest BCUT2D eigenvalue weighted by atomic mass is 19.4. The smallest absolute Gasteiger partial charge is 0.418 e. The highest BCUT2D eigenvalue weighted by Crippen LogP contribution is 2.46. The van der Waals surface area contributed by atoms with Gasteiger partial charge in [0.1, 0.15) is 12.4 Å². The lowest BCUT2D eigenvalue weighted by Gasteiger charge is -2.38. The molecular weight excluding hydrogens is 445 g/mol. The van der Waals surface area contributed by atoms with Gasteiger partial charge in [-0.1, -0.05) is 11.6 Å². The number of carboxylic acid groups (broad SMARTS) is 1. The summed E-state index contributed by atoms with van der Waals surface area (Å²) >= 11 is 0. The van der Waals surface area contributed by atoms with Crippen LogP contribution in [0.25, 0.3) is 5.57 Å². The second-order valence-corrected chi connectivity index (χ2v) is 9.60. The zero-order valence-corrected chi connectivity index (χ0v) is 19.0. The molecule has 0 bridgehead atoms. The van der Waals surface area contributed by atoms with Crippen LogP contribution in [0.3, 0.4) is 0 Å². The monoisotopic (exact) mass is 472 g/mol. The minimum absolute atomic E-state index is 0.0302. The molecule has 0 radical (unpaired) electrons. The van der Waals surface area contributed by atoms with E-state index in [0.717, 1.165) is 38.4 Å². The van der Waals surface area contributed by atoms with Gasteiger partial charge >= 0.3 is 12.1 Å². The van der Waals surface area contributed by atoms with Crippen molar-refractivity contribution in [2.75, 3.05) is 19.6 Å². The molecule has 5 rings (SSSR count). The van der Waals surface area contributed by atoms with Crippen LogP contribution in [-0.2, 0) is 24.0 Å². The molecule has 1 aromatic heterocycles. The number of rotatable bonds is 7. The number of allylic oxidation sites excluding steroid dienone is 1. The maximum Gasteiger partial charge on any atom is 0.418 e. The molecule has 5 nitrogen and oxygen atoms in total. The number of alkyl halides is 3. The summed E-state index contributed by atoms with van der Waals surface area (Å²) < 4.78 is 45.7. The fourth-order valence-electron chi connectivity index (χ4n) is 4.94. The van der Waals surface area contributed by atoms with Crippen molar-refractivity contribution in [2.24, 2.45) is 5.92 Å². The average molecular weight is 473 g/mol. The van der Waals surface area contributed by atoms with Crippen LogP contribution in [0.15, 0.2) is 36.0 Å². The first-order chi connectivity index (χ1) is 16.2. The zero-order chi connectivity index (χ0) is 24.0. The first-order valence-corrected chi connectivity index (χ1v) is 11.6. The third-order valence-corrected chi connectivity index (χ3v) is 7.13. The molecule has 2 aliphatic carbocycles. The van der Waals surface area contributed by atoms with Gasteiger partial charge in [0.2, 0.25) is 0 Å². The summed E-state index contributed by atoms with van der Waals surface area (Å²) in [4.78, 5) is 17.2. The Morgan fingerprint density at radius 1 is 1.21 bits per heavy atom. The number of benzene rings is 1. The standard InChI is InChI=1S/C26H27F3N2O3/c1-15-18(11-31-12-19(13-31)25(32)33)5-4-17-8-21(6-7-22(15)17)34-14-20-9-23(16-2-3-16)24(10-30-20)26(27,28)29/h6-10,16,19H,2-5,11-14H2,1H3,(H,32,33). The molecule has 2 aromatic rings. The first kappa shape index (κ1) is 22.9. The Morgan fingerprint density at radius 2 is 1.97 bits per heavy atom. The van der Waals surface area contributed by atoms with E-state index >= 15 is 0 Å². The second-order valence-electron chi connectivity index (χ2n) is 9.60. The summed E-state index contributed by atoms with van der Waals surface area (Å²) in [6, 6.07) is 7.47. The first-order valence-electron chi connectivity index (χ1n) is 11.6. The van der Waals surface area contributed by atoms with Crippen LogP contribution >= 0.6 is 0 Å². The minimum atomic E-state index is -4.39. The Bertz CT molecular complexity index is 1150. The van der Waals surface area contributed by atoms with E-state index in [0.29, 0.717) is 30.1 Å². The number of fused-ring (bicyclic) bond motifs is 1. The molecule has 180 valence electrons. The van der Waals surface area contributed by atoms with Gasteiger partial charge in [0, 0.05) is 25.8 Å². The summed E-state index contributed by atoms with van der Waals surface area (Å²) in [5, 5.41) is 9.07. The number of pyridine rings is 1. The van der Waals surface area contributed by atoms with Gasteiger partial charge in [-0.2, -0.15) is 13.2 Å². The molecule has 1 N–H and O–H groups in total. The van der Waals surface area contributed by atoms with Crippen molar-refractivity contribution in [2.45, 2.75) is 51.3 Å². The van der Waals surface area contributed by atoms with E-state index in [-0.39, 0.29) is 18.4 Å². The van der Waals surface area contributed by atoms with Gasteiger partial charge < -0.3 is 9.84 Å². The van der Waals surface area contributed by atoms with Gasteiger partial charge in [-0.3, -0.25) is 14.7 Å². The van der Waals surface area contributed by atoms with Crippen molar-refractivity contribution in [3.63, 3.8) is 0 Å². The number of aliphatic carboxylic acids is 1. The molecule has 1 saturated heterocycles. The Balaban J connectivity index is 1.25. The molecule has 3 aliphatic rings. The number of nitrogens with zero attached hydrogens (tertiary/aromatic N) is 2. The molecule has 1 aromatic carbocycles. The van der Waals surface area contributed by atoms with Crippen LogP contribution in [0.4, 0.5) is 13.2 Å². The molecule has 0 spiro atoms. The normalized spacial score (nSPS) is 19.1. The van der Waals surface area contributed by atoms with Crippen molar-refractivity contribution in [1.29, 1.82) is 0 Å². The summed E-state index contributed by atoms with van der Waals surface area (Å²) in [7, 11) is 0. The Kier molecular flexibility index (Phi) is 5.88. The lowest BCUT2D eigenvalue weighted by Crippen LogP contribution is -2.50. The lowest BCUT2D eigenvalue weighted by molar-refractivity contribution is -0.147. The highest BCUT2D eigenvalue weighted by molar-refractivity contribution is 5.73. The van der Waals surface area contributed by atoms with Crippen LogP contribution in [0, 0.1) is 5.92 Å². The average Bonchev–Trinajstić information content (AvgIpc) is 3.60. The Hall–Kier alpha value is -2.87. The SMILES string of the molecule is CC1=C(CN2CC(C(=O)O)C2)CCc2cc(OCc3cc(C4CC4)c(C(F)(F)F)cn3)ccc21. The molecule has 0 unspecified atom stereocenters. The number of carbonyl (C=O) groups is 1. The molecule has 1 saturated carbocycles. The highest BCUT2D eigenvalue weighted by Gasteiger charge is 2.38. The number of carboxylic acids is 1. The number of likely N-dealkylation sites (tertiary alicyclic amines) is 1. The predicted octanol–water partition coefficient (Wildman–Crippen LogP) is 5.29. The van der Waals surface area contributed by atoms with Crippen molar-refractivity contribution in [3.8, 4) is 5.75 Å². The van der Waals surface area contributed by atoms with Gasteiger partial charge in [-0.15, -0.1) is 0 Å². The van der Waals surface area contributed by atoms with Crippen molar-refractivity contribution in [1.82, 2.24) is 9.88 Å². The van der Waals surface area contributed by atoms with E-state index < -0.39 is 17.7 Å². The Labute approximate surface area is 196 Å². The zero-order valence-electron chi connectivity index (χ0n) is 19.0. The number of aryl methyl sites for hydroxylation is 1. The summed E-state index contributed by atoms with van der Waals surface area (Å²) in [5.41, 5.74) is 5.12. The van der Waals surface area contributed by atoms with E-state index in [2.05, 4.69) is 16.8 Å². The molecular formula is C26H27F3N2O3. The fraction of sp³-hybridized carbons (Fsp3) is 0.462. The van der Waals surface area contributed by atoms with Crippen LogP contribution in [0.5, 0.6) is 5.75 Å². The predicted molar refractivity (Wildman–Crippen MR) is 120 cm³/mol. The summed E-state index contributed by atoms with van der Waals surface area (Å²) in [6.07, 6.45) is -0.0935. The third kappa shape index (κ3) is 4.69. The van der Waals surface area contributed by atoms with Gasteiger partial charge in [0.15, 0.2) is 0 Å². The third-order valence-electron chi connectivity index (χ3n) is 7.13. The van der Waals surface area contributed by atoms with Gasteiger partial charge in [-0.25, -0.2) is 0 Å². The maximum atomic E-state index is 13.3. The van der Waals surface area contributed by atoms with Crippen LogP contribution in [0.2, 0.25) is 0 Å². The van der Waals surface area contributed by atoms with Gasteiger partial charge in [-0.05, 0) is 79.0 Å². The number of hydrogen-bond donors (Lipinski definition) is 1. The van der Waals surface area contributed by atoms with E-state index in [9.17, 15) is 18.0 Å². The van der Waals surface area contributed by atoms with Crippen molar-refractivity contribution >= 4 is 11.5 Å². The van der Waals surface area contributed by atoms with E-state index in [1.165, 1.54) is 22.3 Å². The molecule has 2 fully saturated rings. The van der Waals surface area contributed by atoms with Crippen LogP contribution in [-0.4, -0.2) is 40.6 Å². The lowest BCUT2D eigenvalue weighted by atomic mass is 9.85. The summed E-state index contributed by atoms with van der Waals surface area (Å²) in [5.74, 6) is -0.330. The molecule has 0 amide bonds. The van der Waals surface area contributed by atoms with Crippen molar-refractivity contribution < 1.29 is 27.8 Å². The van der Waals surface area contributed by atoms with E-state index in [1.54, 1.807) is 6.07 Å². The largest absolute Gasteiger partial charge is 0.487 e. The Morgan fingerprint density at radius 3 is 2.65 bits per heavy atom. The fourth-order valence-corrected chi connectivity index (χ4v) is 4.94. The number of halogens is 3. The second kappa shape index (κ2) is 8.73. The number of ether oxygens (including phenoxy) is 1. The molecule has 0 atom stereocenters. The van der Waals surface area contributed by atoms with Gasteiger partial charge in [0.05, 0.1) is 17.2 Å². The van der Waals surface area contributed by atoms with E-state index in [4.69, 9.17) is 9.84 Å². The molecule has 34 heavy (non-hydrogen) atoms. The number of aromatic nitrogens is 1. The van der Waals surface area contributed by atoms with Gasteiger partial charge in [0.25, 0.3) is 0 Å². The van der Waals surface area contributed by atoms with Crippen LogP contribution < -0.4 is 4.74 Å². The maximum absolute atomic E-state index is 13.3. The summed E-state index contributed by atoms with van der Waals surface area (Å²) in [6.45, 7) is 4.24. The van der Waals surface area contributed by atoms with E-state index in [1.807, 2.05) is 18.2 Å².